The minimum atomic E-state index is -4.92. The molecule has 4 N–H and O–H groups in total. The van der Waals surface area contributed by atoms with Crippen LogP contribution in [0.4, 0.5) is 5.69 Å². The molecule has 0 unspecified atom stereocenters. The molecule has 0 fully saturated rings. The van der Waals surface area contributed by atoms with Crippen LogP contribution in [-0.2, 0) is 10.4 Å². The monoisotopic (exact) mass is 285 g/mol. The standard InChI is InChI=1S/C10H9N3O.H2O4S/c11-8-6-10(14)13(12-7-8)9-4-2-1-3-5-9;1-5(2,3)4/h1-7H,(H2,11,14);(H2,1,2,3,4). The Balaban J connectivity index is 0.000000312. The van der Waals surface area contributed by atoms with E-state index < -0.39 is 10.4 Å². The van der Waals surface area contributed by atoms with Gasteiger partial charge in [0.1, 0.15) is 6.20 Å². The smallest absolute Gasteiger partial charge is 0.399 e. The van der Waals surface area contributed by atoms with Crippen molar-refractivity contribution in [2.75, 3.05) is 5.73 Å². The van der Waals surface area contributed by atoms with Crippen molar-refractivity contribution >= 4 is 16.1 Å². The van der Waals surface area contributed by atoms with Gasteiger partial charge >= 0.3 is 5.88 Å². The minimum Gasteiger partial charge on any atom is -0.726 e. The molecule has 9 heteroatoms. The highest BCUT2D eigenvalue weighted by molar-refractivity contribution is 7.79. The molecule has 2 rings (SSSR count). The quantitative estimate of drug-likeness (QED) is 0.369. The Kier molecular flexibility index (Phi) is 4.75. The summed E-state index contributed by atoms with van der Waals surface area (Å²) in [5.74, 6) is 0.0243. The summed E-state index contributed by atoms with van der Waals surface area (Å²) in [6.07, 6.45) is 1.49. The number of aromatic hydroxyl groups is 1. The predicted octanol–water partition coefficient (Wildman–Crippen LogP) is -0.349. The fourth-order valence-electron chi connectivity index (χ4n) is 1.20. The molecule has 102 valence electrons. The lowest BCUT2D eigenvalue weighted by molar-refractivity contribution is -0.666. The maximum absolute atomic E-state index is 9.57. The van der Waals surface area contributed by atoms with E-state index in [-0.39, 0.29) is 5.88 Å². The van der Waals surface area contributed by atoms with E-state index in [4.69, 9.17) is 23.3 Å². The fourth-order valence-corrected chi connectivity index (χ4v) is 1.20. The molecule has 0 saturated heterocycles. The van der Waals surface area contributed by atoms with Gasteiger partial charge in [0.2, 0.25) is 16.1 Å². The third-order valence-electron chi connectivity index (χ3n) is 1.84. The summed E-state index contributed by atoms with van der Waals surface area (Å²) in [6.45, 7) is 0. The summed E-state index contributed by atoms with van der Waals surface area (Å²) in [7, 11) is -4.92. The molecule has 2 aromatic rings. The van der Waals surface area contributed by atoms with Crippen LogP contribution in [0, 0.1) is 0 Å². The highest BCUT2D eigenvalue weighted by Gasteiger charge is 2.14. The van der Waals surface area contributed by atoms with Gasteiger partial charge in [-0.25, -0.2) is 8.42 Å². The first-order valence-electron chi connectivity index (χ1n) is 4.88. The normalized spacial score (nSPS) is 10.4. The molecule has 0 aliphatic carbocycles. The molecule has 0 aliphatic rings. The van der Waals surface area contributed by atoms with Crippen LogP contribution in [0.2, 0.25) is 0 Å². The van der Waals surface area contributed by atoms with Crippen molar-refractivity contribution in [3.63, 3.8) is 0 Å². The van der Waals surface area contributed by atoms with Gasteiger partial charge in [-0.3, -0.25) is 4.55 Å². The van der Waals surface area contributed by atoms with Crippen LogP contribution in [0.5, 0.6) is 5.88 Å². The number of nitrogen functional groups attached to an aromatic ring is 1. The molecule has 8 nitrogen and oxygen atoms in total. The van der Waals surface area contributed by atoms with Gasteiger partial charge in [-0.05, 0) is 4.68 Å². The number of hydrogen-bond acceptors (Lipinski definition) is 6. The first kappa shape index (κ1) is 14.8. The summed E-state index contributed by atoms with van der Waals surface area (Å²) < 4.78 is 34.2. The van der Waals surface area contributed by atoms with Crippen LogP contribution in [0.3, 0.4) is 0 Å². The lowest BCUT2D eigenvalue weighted by Gasteiger charge is -1.95. The van der Waals surface area contributed by atoms with E-state index in [0.29, 0.717) is 5.69 Å². The highest BCUT2D eigenvalue weighted by Crippen LogP contribution is 2.08. The molecule has 0 aliphatic heterocycles. The fraction of sp³-hybridized carbons (Fsp3) is 0. The van der Waals surface area contributed by atoms with E-state index in [1.54, 1.807) is 0 Å². The molecular formula is C10H11N3O5S. The van der Waals surface area contributed by atoms with Gasteiger partial charge in [0.15, 0.2) is 0 Å². The Morgan fingerprint density at radius 2 is 1.79 bits per heavy atom. The molecule has 0 radical (unpaired) electrons. The van der Waals surface area contributed by atoms with E-state index in [1.165, 1.54) is 16.9 Å². The third kappa shape index (κ3) is 5.77. The first-order valence-corrected chi connectivity index (χ1v) is 6.24. The molecule has 0 atom stereocenters. The van der Waals surface area contributed by atoms with Crippen LogP contribution in [0.15, 0.2) is 42.6 Å². The Hall–Kier alpha value is -2.23. The van der Waals surface area contributed by atoms with Crippen LogP contribution in [-0.4, -0.2) is 27.7 Å². The largest absolute Gasteiger partial charge is 0.726 e. The molecule has 1 aromatic heterocycles. The molecule has 0 saturated carbocycles. The van der Waals surface area contributed by atoms with E-state index in [0.717, 1.165) is 5.69 Å². The lowest BCUT2D eigenvalue weighted by atomic mass is 10.3. The van der Waals surface area contributed by atoms with Crippen LogP contribution in [0.25, 0.3) is 5.69 Å². The van der Waals surface area contributed by atoms with Gasteiger partial charge in [-0.15, -0.1) is 0 Å². The van der Waals surface area contributed by atoms with Crippen molar-refractivity contribution in [1.82, 2.24) is 5.10 Å². The summed E-state index contributed by atoms with van der Waals surface area (Å²) in [4.78, 5) is 0. The van der Waals surface area contributed by atoms with Gasteiger partial charge in [0, 0.05) is 17.2 Å². The second-order valence-electron chi connectivity index (χ2n) is 3.32. The molecular weight excluding hydrogens is 274 g/mol. The molecule has 0 bridgehead atoms. The molecule has 1 aromatic carbocycles. The number of aromatic nitrogens is 2. The summed E-state index contributed by atoms with van der Waals surface area (Å²) >= 11 is 0. The Morgan fingerprint density at radius 3 is 2.26 bits per heavy atom. The topological polar surface area (TPSA) is 140 Å². The minimum absolute atomic E-state index is 0.0243. The number of nitrogens with zero attached hydrogens (tertiary/aromatic N) is 2. The van der Waals surface area contributed by atoms with E-state index in [2.05, 4.69) is 5.10 Å². The van der Waals surface area contributed by atoms with Crippen LogP contribution in [0.1, 0.15) is 0 Å². The van der Waals surface area contributed by atoms with Gasteiger partial charge in [-0.2, -0.15) is 0 Å². The average molecular weight is 285 g/mol. The number of hydrogen-bond donors (Lipinski definition) is 3. The van der Waals surface area contributed by atoms with E-state index >= 15 is 0 Å². The van der Waals surface area contributed by atoms with Gasteiger partial charge in [0.05, 0.1) is 11.8 Å². The Labute approximate surface area is 109 Å². The second kappa shape index (κ2) is 6.09. The zero-order valence-electron chi connectivity index (χ0n) is 9.54. The summed E-state index contributed by atoms with van der Waals surface area (Å²) in [6, 6.07) is 10.8. The Morgan fingerprint density at radius 1 is 1.26 bits per heavy atom. The predicted molar refractivity (Wildman–Crippen MR) is 64.2 cm³/mol. The summed E-state index contributed by atoms with van der Waals surface area (Å²) in [5.41, 5.74) is 6.71. The maximum Gasteiger partial charge on any atom is 0.399 e. The Bertz CT molecular complexity index is 637. The van der Waals surface area contributed by atoms with Crippen molar-refractivity contribution in [2.24, 2.45) is 0 Å². The van der Waals surface area contributed by atoms with Gasteiger partial charge in [-0.1, -0.05) is 18.2 Å². The maximum atomic E-state index is 9.57. The number of para-hydroxylation sites is 1. The number of benzene rings is 1. The molecule has 19 heavy (non-hydrogen) atoms. The highest BCUT2D eigenvalue weighted by atomic mass is 32.3. The number of rotatable bonds is 1. The SMILES string of the molecule is Nc1cn[n+](-c2ccccc2)c(O)c1.O=S(=O)([O-])O. The van der Waals surface area contributed by atoms with Crippen molar-refractivity contribution in [3.8, 4) is 11.6 Å². The van der Waals surface area contributed by atoms with Gasteiger partial charge in [0.25, 0.3) is 0 Å². The van der Waals surface area contributed by atoms with Crippen molar-refractivity contribution in [2.45, 2.75) is 0 Å². The third-order valence-corrected chi connectivity index (χ3v) is 1.84. The van der Waals surface area contributed by atoms with Crippen molar-refractivity contribution in [1.29, 1.82) is 0 Å². The van der Waals surface area contributed by atoms with Crippen LogP contribution < -0.4 is 10.4 Å². The zero-order chi connectivity index (χ0) is 14.5. The lowest BCUT2D eigenvalue weighted by Crippen LogP contribution is -2.34. The van der Waals surface area contributed by atoms with E-state index in [9.17, 15) is 5.11 Å². The first-order chi connectivity index (χ1) is 8.77. The van der Waals surface area contributed by atoms with Crippen molar-refractivity contribution in [3.05, 3.63) is 42.6 Å². The van der Waals surface area contributed by atoms with Crippen molar-refractivity contribution < 1.29 is 27.3 Å². The molecule has 0 spiro atoms. The molecule has 1 heterocycles. The average Bonchev–Trinajstić information content (AvgIpc) is 2.28. The zero-order valence-corrected chi connectivity index (χ0v) is 10.4. The number of anilines is 1. The van der Waals surface area contributed by atoms with Crippen LogP contribution >= 0.6 is 0 Å². The van der Waals surface area contributed by atoms with Gasteiger partial charge < -0.3 is 15.4 Å². The second-order valence-corrected chi connectivity index (χ2v) is 4.18. The van der Waals surface area contributed by atoms with E-state index in [1.807, 2.05) is 30.3 Å². The number of nitrogens with two attached hydrogens (primary N) is 1. The summed E-state index contributed by atoms with van der Waals surface area (Å²) in [5, 5.41) is 13.6. The molecule has 0 amide bonds.